The Balaban J connectivity index is 1.21. The van der Waals surface area contributed by atoms with Crippen molar-refractivity contribution in [1.29, 1.82) is 0 Å². The molecule has 6 aromatic carbocycles. The molecule has 0 amide bonds. The van der Waals surface area contributed by atoms with Crippen LogP contribution in [0, 0.1) is 0 Å². The summed E-state index contributed by atoms with van der Waals surface area (Å²) in [6, 6.07) is 51.3. The molecule has 1 atom stereocenters. The molecule has 0 bridgehead atoms. The quantitative estimate of drug-likeness (QED) is 0.181. The Bertz CT molecular complexity index is 2460. The van der Waals surface area contributed by atoms with Crippen LogP contribution in [0.1, 0.15) is 28.4 Å². The van der Waals surface area contributed by atoms with Crippen molar-refractivity contribution in [1.82, 2.24) is 4.57 Å². The van der Waals surface area contributed by atoms with Gasteiger partial charge in [-0.05, 0) is 58.0 Å². The molecule has 1 aromatic heterocycles. The monoisotopic (exact) mass is 661 g/mol. The first-order valence-corrected chi connectivity index (χ1v) is 18.0. The second-order valence-electron chi connectivity index (χ2n) is 12.5. The van der Waals surface area contributed by atoms with E-state index in [0.29, 0.717) is 11.7 Å². The Kier molecular flexibility index (Phi) is 7.96. The molecule has 50 heavy (non-hydrogen) atoms. The van der Waals surface area contributed by atoms with Crippen LogP contribution in [0.15, 0.2) is 185 Å². The normalized spacial score (nSPS) is 17.1. The number of nitrogens with zero attached hydrogens (tertiary/aromatic N) is 4. The molecule has 0 N–H and O–H groups in total. The van der Waals surface area contributed by atoms with Crippen molar-refractivity contribution in [3.63, 3.8) is 0 Å². The molecule has 0 fully saturated rings. The minimum atomic E-state index is -0.365. The number of thioether (sulfide) groups is 1. The second-order valence-corrected chi connectivity index (χ2v) is 13.5. The third kappa shape index (κ3) is 5.66. The summed E-state index contributed by atoms with van der Waals surface area (Å²) in [6.07, 6.45) is 9.35. The predicted octanol–water partition coefficient (Wildman–Crippen LogP) is 11.5. The topological polar surface area (TPSA) is 43.8 Å². The smallest absolute Gasteiger partial charge is 0.0822 e. The van der Waals surface area contributed by atoms with E-state index in [1.54, 1.807) is 0 Å². The van der Waals surface area contributed by atoms with E-state index in [-0.39, 0.29) is 6.17 Å². The lowest BCUT2D eigenvalue weighted by Gasteiger charge is -2.32. The van der Waals surface area contributed by atoms with Gasteiger partial charge in [0.1, 0.15) is 0 Å². The van der Waals surface area contributed by atoms with E-state index >= 15 is 0 Å². The van der Waals surface area contributed by atoms with Crippen molar-refractivity contribution in [3.05, 3.63) is 197 Å². The summed E-state index contributed by atoms with van der Waals surface area (Å²) in [4.78, 5) is 11.4. The van der Waals surface area contributed by atoms with Gasteiger partial charge in [-0.3, -0.25) is 4.99 Å². The van der Waals surface area contributed by atoms with Crippen molar-refractivity contribution in [2.45, 2.75) is 17.5 Å². The van der Waals surface area contributed by atoms with E-state index in [9.17, 15) is 0 Å². The minimum Gasteiger partial charge on any atom is -0.438 e. The van der Waals surface area contributed by atoms with Gasteiger partial charge in [0.2, 0.25) is 0 Å². The first-order chi connectivity index (χ1) is 24.8. The molecule has 240 valence electrons. The number of allylic oxidation sites excluding steroid dienone is 3. The molecule has 2 aliphatic rings. The van der Waals surface area contributed by atoms with Gasteiger partial charge in [0.05, 0.1) is 23.0 Å². The van der Waals surface area contributed by atoms with E-state index in [0.717, 1.165) is 34.6 Å². The van der Waals surface area contributed by atoms with Gasteiger partial charge in [0.15, 0.2) is 0 Å². The van der Waals surface area contributed by atoms with Crippen LogP contribution in [0.4, 0.5) is 0 Å². The van der Waals surface area contributed by atoms with Crippen molar-refractivity contribution in [2.75, 3.05) is 5.75 Å². The number of hydrogen-bond acceptors (Lipinski definition) is 3. The summed E-state index contributed by atoms with van der Waals surface area (Å²) < 4.78 is 2.46. The summed E-state index contributed by atoms with van der Waals surface area (Å²) in [5, 5.41) is 7.48. The Morgan fingerprint density at radius 1 is 0.620 bits per heavy atom. The third-order valence-electron chi connectivity index (χ3n) is 9.33. The fraction of sp³-hybridized carbons (Fsp3) is 0.0667. The summed E-state index contributed by atoms with van der Waals surface area (Å²) in [7, 11) is 0. The zero-order valence-corrected chi connectivity index (χ0v) is 28.2. The maximum absolute atomic E-state index is 5.06. The lowest BCUT2D eigenvalue weighted by molar-refractivity contribution is 0.878. The summed E-state index contributed by atoms with van der Waals surface area (Å²) in [5.74, 6) is 2.30. The van der Waals surface area contributed by atoms with Crippen LogP contribution in [0.25, 0.3) is 43.9 Å². The molecule has 2 aliphatic heterocycles. The largest absolute Gasteiger partial charge is 0.438 e. The molecule has 4 nitrogen and oxygen atoms in total. The van der Waals surface area contributed by atoms with E-state index in [4.69, 9.17) is 15.3 Å². The van der Waals surface area contributed by atoms with Crippen LogP contribution >= 0.6 is 11.8 Å². The summed E-state index contributed by atoms with van der Waals surface area (Å²) in [5.41, 5.74) is 10.3. The standard InChI is InChI=1S/C45H33N4S/c1-2-13-29-50-42-32(16-6-1)23-28-39-38-27-24-36(31-14-7-3-8-15-31)30-40(38)49(41(39)42)37-25-21-35(22-26-37)45-47-43(33-17-9-4-10-18-33)46-44(48-45)34-19-11-5-12-20-34/h1-15,17-28,30,43H,16,29H2/q-1/b6-1-,13-2-. The number of rotatable bonds is 5. The highest BCUT2D eigenvalue weighted by atomic mass is 32.2. The summed E-state index contributed by atoms with van der Waals surface area (Å²) in [6.45, 7) is 0. The molecule has 3 heterocycles. The van der Waals surface area contributed by atoms with Crippen LogP contribution in [-0.2, 0) is 6.42 Å². The molecule has 0 saturated carbocycles. The number of aromatic nitrogens is 1. The zero-order valence-electron chi connectivity index (χ0n) is 27.4. The van der Waals surface area contributed by atoms with Gasteiger partial charge in [0.25, 0.3) is 0 Å². The van der Waals surface area contributed by atoms with Gasteiger partial charge in [0, 0.05) is 27.1 Å². The molecular weight excluding hydrogens is 629 g/mol. The second kappa shape index (κ2) is 13.2. The molecule has 7 aromatic rings. The van der Waals surface area contributed by atoms with Gasteiger partial charge in [-0.15, -0.1) is 11.8 Å². The number of fused-ring (bicyclic) bond motifs is 5. The van der Waals surface area contributed by atoms with E-state index < -0.39 is 0 Å². The van der Waals surface area contributed by atoms with Gasteiger partial charge in [-0.25, -0.2) is 0 Å². The highest BCUT2D eigenvalue weighted by Crippen LogP contribution is 2.41. The zero-order chi connectivity index (χ0) is 33.3. The average molecular weight is 662 g/mol. The Hall–Kier alpha value is -5.91. The Morgan fingerprint density at radius 3 is 2.08 bits per heavy atom. The molecule has 0 spiro atoms. The van der Waals surface area contributed by atoms with Crippen LogP contribution in [0.2, 0.25) is 0 Å². The average Bonchev–Trinajstić information content (AvgIpc) is 3.58. The Morgan fingerprint density at radius 2 is 1.30 bits per heavy atom. The first kappa shape index (κ1) is 30.2. The minimum absolute atomic E-state index is 0.365. The number of hydrogen-bond donors (Lipinski definition) is 0. The highest BCUT2D eigenvalue weighted by molar-refractivity contribution is 7.99. The molecular formula is C45H33N4S-. The third-order valence-corrected chi connectivity index (χ3v) is 10.4. The number of aliphatic imine (C=N–C) groups is 2. The highest BCUT2D eigenvalue weighted by Gasteiger charge is 2.20. The van der Waals surface area contributed by atoms with Crippen molar-refractivity contribution >= 4 is 45.2 Å². The lowest BCUT2D eigenvalue weighted by Crippen LogP contribution is -2.15. The van der Waals surface area contributed by atoms with Crippen LogP contribution in [0.3, 0.4) is 0 Å². The van der Waals surface area contributed by atoms with Crippen molar-refractivity contribution < 1.29 is 0 Å². The van der Waals surface area contributed by atoms with E-state index in [1.165, 1.54) is 43.4 Å². The molecule has 1 unspecified atom stereocenters. The molecule has 9 rings (SSSR count). The van der Waals surface area contributed by atoms with Crippen LogP contribution in [-0.4, -0.2) is 22.0 Å². The van der Waals surface area contributed by atoms with Gasteiger partial charge in [-0.2, -0.15) is 0 Å². The maximum Gasteiger partial charge on any atom is 0.0822 e. The van der Waals surface area contributed by atoms with Gasteiger partial charge >= 0.3 is 0 Å². The maximum atomic E-state index is 5.06. The SMILES string of the molecule is C1=C\CSc2c(ccc3c4ccc(-c5ccccc5)cc4n(-c4ccc(C5=NC(c6ccccc6)[N-]C(c6ccccc6)=N5)cc4)c23)C\C=C/1. The first-order valence-electron chi connectivity index (χ1n) is 17.0. The lowest BCUT2D eigenvalue weighted by atomic mass is 10.0. The van der Waals surface area contributed by atoms with Crippen molar-refractivity contribution in [3.8, 4) is 16.8 Å². The predicted molar refractivity (Wildman–Crippen MR) is 211 cm³/mol. The molecule has 0 radical (unpaired) electrons. The Labute approximate surface area is 296 Å². The van der Waals surface area contributed by atoms with Crippen LogP contribution < -0.4 is 0 Å². The molecule has 0 aliphatic carbocycles. The van der Waals surface area contributed by atoms with Crippen LogP contribution in [0.5, 0.6) is 0 Å². The number of benzene rings is 6. The van der Waals surface area contributed by atoms with E-state index in [2.05, 4.69) is 138 Å². The van der Waals surface area contributed by atoms with Gasteiger partial charge < -0.3 is 14.9 Å². The van der Waals surface area contributed by atoms with Gasteiger partial charge in [-0.1, -0.05) is 158 Å². The molecule has 0 saturated heterocycles. The van der Waals surface area contributed by atoms with Crippen molar-refractivity contribution in [2.24, 2.45) is 9.98 Å². The number of amidine groups is 2. The van der Waals surface area contributed by atoms with E-state index in [1.807, 2.05) is 48.2 Å². The fourth-order valence-electron chi connectivity index (χ4n) is 6.87. The fourth-order valence-corrected chi connectivity index (χ4v) is 7.92. The molecule has 5 heteroatoms. The summed E-state index contributed by atoms with van der Waals surface area (Å²) >= 11 is 1.92.